The van der Waals surface area contributed by atoms with Crippen LogP contribution in [0.1, 0.15) is 20.3 Å². The van der Waals surface area contributed by atoms with Crippen molar-refractivity contribution in [1.82, 2.24) is 15.1 Å². The summed E-state index contributed by atoms with van der Waals surface area (Å²) in [6.07, 6.45) is 0.951. The Balaban J connectivity index is 1.69. The normalized spacial score (nSPS) is 16.8. The summed E-state index contributed by atoms with van der Waals surface area (Å²) in [6.45, 7) is 9.69. The van der Waals surface area contributed by atoms with Gasteiger partial charge >= 0.3 is 0 Å². The van der Waals surface area contributed by atoms with Gasteiger partial charge in [0.1, 0.15) is 5.75 Å². The van der Waals surface area contributed by atoms with Crippen LogP contribution in [0.4, 0.5) is 0 Å². The Hall–Kier alpha value is -1.30. The predicted molar refractivity (Wildman–Crippen MR) is 97.7 cm³/mol. The Morgan fingerprint density at radius 3 is 2.46 bits per heavy atom. The van der Waals surface area contributed by atoms with Gasteiger partial charge in [0.15, 0.2) is 5.60 Å². The Kier molecular flexibility index (Phi) is 6.90. The van der Waals surface area contributed by atoms with Crippen LogP contribution in [0.15, 0.2) is 24.3 Å². The van der Waals surface area contributed by atoms with Gasteiger partial charge in [-0.15, -0.1) is 0 Å². The molecule has 1 fully saturated rings. The van der Waals surface area contributed by atoms with Gasteiger partial charge in [-0.05, 0) is 58.1 Å². The minimum Gasteiger partial charge on any atom is -0.478 e. The molecule has 0 unspecified atom stereocenters. The van der Waals surface area contributed by atoms with Crippen molar-refractivity contribution in [2.24, 2.45) is 0 Å². The summed E-state index contributed by atoms with van der Waals surface area (Å²) < 4.78 is 5.79. The SMILES string of the molecule is CN1CCN(CCCNC(=O)C(C)(C)Oc2ccc(Cl)cc2)CC1. The number of nitrogens with one attached hydrogen (secondary N) is 1. The van der Waals surface area contributed by atoms with Crippen LogP contribution in [-0.2, 0) is 4.79 Å². The third-order valence-electron chi connectivity index (χ3n) is 4.27. The van der Waals surface area contributed by atoms with Crippen LogP contribution in [0.3, 0.4) is 0 Å². The van der Waals surface area contributed by atoms with E-state index in [-0.39, 0.29) is 5.91 Å². The molecule has 1 aliphatic rings. The Labute approximate surface area is 149 Å². The van der Waals surface area contributed by atoms with Gasteiger partial charge in [0.2, 0.25) is 0 Å². The van der Waals surface area contributed by atoms with E-state index >= 15 is 0 Å². The first-order valence-corrected chi connectivity index (χ1v) is 8.88. The summed E-state index contributed by atoms with van der Waals surface area (Å²) in [4.78, 5) is 17.1. The van der Waals surface area contributed by atoms with Crippen LogP contribution in [0, 0.1) is 0 Å². The molecular weight excluding hydrogens is 326 g/mol. The summed E-state index contributed by atoms with van der Waals surface area (Å²) in [5.74, 6) is 0.535. The van der Waals surface area contributed by atoms with Crippen molar-refractivity contribution in [3.63, 3.8) is 0 Å². The highest BCUT2D eigenvalue weighted by atomic mass is 35.5. The average Bonchev–Trinajstić information content (AvgIpc) is 2.55. The largest absolute Gasteiger partial charge is 0.478 e. The monoisotopic (exact) mass is 353 g/mol. The van der Waals surface area contributed by atoms with Crippen molar-refractivity contribution in [1.29, 1.82) is 0 Å². The number of nitrogens with zero attached hydrogens (tertiary/aromatic N) is 2. The van der Waals surface area contributed by atoms with Crippen molar-refractivity contribution < 1.29 is 9.53 Å². The van der Waals surface area contributed by atoms with E-state index < -0.39 is 5.60 Å². The van der Waals surface area contributed by atoms with E-state index in [1.807, 2.05) is 0 Å². The molecule has 134 valence electrons. The zero-order chi connectivity index (χ0) is 17.6. The van der Waals surface area contributed by atoms with Crippen molar-refractivity contribution >= 4 is 17.5 Å². The molecule has 0 atom stereocenters. The van der Waals surface area contributed by atoms with Crippen molar-refractivity contribution in [3.8, 4) is 5.75 Å². The lowest BCUT2D eigenvalue weighted by atomic mass is 10.1. The molecule has 0 aromatic heterocycles. The highest BCUT2D eigenvalue weighted by Gasteiger charge is 2.29. The lowest BCUT2D eigenvalue weighted by molar-refractivity contribution is -0.134. The van der Waals surface area contributed by atoms with E-state index in [2.05, 4.69) is 22.2 Å². The Bertz CT molecular complexity index is 526. The van der Waals surface area contributed by atoms with Crippen LogP contribution in [0.25, 0.3) is 0 Å². The zero-order valence-electron chi connectivity index (χ0n) is 14.8. The molecular formula is C18H28ClN3O2. The molecule has 0 bridgehead atoms. The number of carbonyl (C=O) groups is 1. The molecule has 0 radical (unpaired) electrons. The first kappa shape index (κ1) is 19.0. The quantitative estimate of drug-likeness (QED) is 0.764. The number of likely N-dealkylation sites (N-methyl/N-ethyl adjacent to an activating group) is 1. The number of hydrogen-bond acceptors (Lipinski definition) is 4. The molecule has 1 aromatic rings. The molecule has 1 N–H and O–H groups in total. The lowest BCUT2D eigenvalue weighted by Gasteiger charge is -2.32. The van der Waals surface area contributed by atoms with E-state index in [1.165, 1.54) is 0 Å². The molecule has 1 saturated heterocycles. The number of halogens is 1. The first-order valence-electron chi connectivity index (χ1n) is 8.50. The number of hydrogen-bond donors (Lipinski definition) is 1. The summed E-state index contributed by atoms with van der Waals surface area (Å²) in [5.41, 5.74) is -0.915. The molecule has 24 heavy (non-hydrogen) atoms. The van der Waals surface area contributed by atoms with Gasteiger partial charge in [-0.3, -0.25) is 4.79 Å². The highest BCUT2D eigenvalue weighted by Crippen LogP contribution is 2.21. The van der Waals surface area contributed by atoms with Gasteiger partial charge in [-0.1, -0.05) is 11.6 Å². The van der Waals surface area contributed by atoms with E-state index in [4.69, 9.17) is 16.3 Å². The zero-order valence-corrected chi connectivity index (χ0v) is 15.6. The molecule has 1 aliphatic heterocycles. The van der Waals surface area contributed by atoms with Crippen LogP contribution in [0.2, 0.25) is 5.02 Å². The third kappa shape index (κ3) is 5.96. The fourth-order valence-electron chi connectivity index (χ4n) is 2.63. The summed E-state index contributed by atoms with van der Waals surface area (Å²) in [5, 5.41) is 3.62. The first-order chi connectivity index (χ1) is 11.4. The van der Waals surface area contributed by atoms with Crippen LogP contribution < -0.4 is 10.1 Å². The van der Waals surface area contributed by atoms with Crippen LogP contribution in [0.5, 0.6) is 5.75 Å². The number of benzene rings is 1. The summed E-state index contributed by atoms with van der Waals surface area (Å²) in [6, 6.07) is 7.04. The Morgan fingerprint density at radius 1 is 1.21 bits per heavy atom. The maximum Gasteiger partial charge on any atom is 0.263 e. The van der Waals surface area contributed by atoms with E-state index in [0.717, 1.165) is 39.1 Å². The summed E-state index contributed by atoms with van der Waals surface area (Å²) in [7, 11) is 2.15. The van der Waals surface area contributed by atoms with Crippen LogP contribution in [-0.4, -0.2) is 67.6 Å². The van der Waals surface area contributed by atoms with Crippen LogP contribution >= 0.6 is 11.6 Å². The number of rotatable bonds is 7. The van der Waals surface area contributed by atoms with E-state index in [9.17, 15) is 4.79 Å². The maximum absolute atomic E-state index is 12.3. The minimum absolute atomic E-state index is 0.101. The smallest absolute Gasteiger partial charge is 0.263 e. The second-order valence-corrected chi connectivity index (χ2v) is 7.26. The molecule has 1 amide bonds. The fourth-order valence-corrected chi connectivity index (χ4v) is 2.76. The lowest BCUT2D eigenvalue weighted by Crippen LogP contribution is -2.48. The molecule has 1 heterocycles. The number of carbonyl (C=O) groups excluding carboxylic acids is 1. The topological polar surface area (TPSA) is 44.8 Å². The van der Waals surface area contributed by atoms with Gasteiger partial charge in [0.25, 0.3) is 5.91 Å². The minimum atomic E-state index is -0.915. The van der Waals surface area contributed by atoms with E-state index in [1.54, 1.807) is 38.1 Å². The van der Waals surface area contributed by atoms with Gasteiger partial charge in [-0.2, -0.15) is 0 Å². The molecule has 6 heteroatoms. The second-order valence-electron chi connectivity index (χ2n) is 6.82. The second kappa shape index (κ2) is 8.70. The molecule has 2 rings (SSSR count). The number of piperazine rings is 1. The third-order valence-corrected chi connectivity index (χ3v) is 4.52. The van der Waals surface area contributed by atoms with Gasteiger partial charge in [0, 0.05) is 37.7 Å². The molecule has 1 aromatic carbocycles. The number of ether oxygens (including phenoxy) is 1. The summed E-state index contributed by atoms with van der Waals surface area (Å²) >= 11 is 5.86. The number of amides is 1. The van der Waals surface area contributed by atoms with E-state index in [0.29, 0.717) is 17.3 Å². The maximum atomic E-state index is 12.3. The van der Waals surface area contributed by atoms with Gasteiger partial charge in [-0.25, -0.2) is 0 Å². The van der Waals surface area contributed by atoms with Gasteiger partial charge < -0.3 is 19.9 Å². The molecule has 5 nitrogen and oxygen atoms in total. The predicted octanol–water partition coefficient (Wildman–Crippen LogP) is 2.25. The highest BCUT2D eigenvalue weighted by molar-refractivity contribution is 6.30. The molecule has 0 aliphatic carbocycles. The molecule has 0 spiro atoms. The standard InChI is InChI=1S/C18H28ClN3O2/c1-18(2,24-16-7-5-15(19)6-8-16)17(23)20-9-4-10-22-13-11-21(3)12-14-22/h5-8H,4,9-14H2,1-3H3,(H,20,23). The molecule has 0 saturated carbocycles. The van der Waals surface area contributed by atoms with Gasteiger partial charge in [0.05, 0.1) is 0 Å². The van der Waals surface area contributed by atoms with Crippen molar-refractivity contribution in [3.05, 3.63) is 29.3 Å². The van der Waals surface area contributed by atoms with Crippen molar-refractivity contribution in [2.45, 2.75) is 25.9 Å². The fraction of sp³-hybridized carbons (Fsp3) is 0.611. The Morgan fingerprint density at radius 2 is 1.83 bits per heavy atom. The average molecular weight is 354 g/mol. The van der Waals surface area contributed by atoms with Crippen molar-refractivity contribution in [2.75, 3.05) is 46.3 Å².